The van der Waals surface area contributed by atoms with E-state index < -0.39 is 12.0 Å². The minimum atomic E-state index is -0.891. The van der Waals surface area contributed by atoms with Gasteiger partial charge >= 0.3 is 5.97 Å². The maximum Gasteiger partial charge on any atom is 0.326 e. The fraction of sp³-hybridized carbons (Fsp3) is 0.667. The predicted octanol–water partition coefficient (Wildman–Crippen LogP) is -0.571. The highest BCUT2D eigenvalue weighted by Gasteiger charge is 2.30. The standard InChI is InChI=1S/C6H11N3O2/c7-6(8)9-3-1-2-4(9)5(10)11/h4H,1-3H2,(H3,7,8)(H,10,11). The molecule has 1 fully saturated rings. The van der Waals surface area contributed by atoms with Gasteiger partial charge in [-0.05, 0) is 12.8 Å². The zero-order chi connectivity index (χ0) is 8.43. The van der Waals surface area contributed by atoms with Gasteiger partial charge in [0.1, 0.15) is 6.04 Å². The summed E-state index contributed by atoms with van der Waals surface area (Å²) in [4.78, 5) is 11.9. The third kappa shape index (κ3) is 1.42. The molecule has 0 radical (unpaired) electrons. The van der Waals surface area contributed by atoms with Crippen molar-refractivity contribution in [3.8, 4) is 0 Å². The Morgan fingerprint density at radius 1 is 1.73 bits per heavy atom. The lowest BCUT2D eigenvalue weighted by Crippen LogP contribution is -2.43. The van der Waals surface area contributed by atoms with Crippen LogP contribution in [0, 0.1) is 5.41 Å². The van der Waals surface area contributed by atoms with E-state index in [1.54, 1.807) is 0 Å². The maximum atomic E-state index is 10.5. The monoisotopic (exact) mass is 157 g/mol. The first-order valence-electron chi connectivity index (χ1n) is 3.46. The second-order valence-electron chi connectivity index (χ2n) is 2.57. The van der Waals surface area contributed by atoms with Crippen LogP contribution in [0.2, 0.25) is 0 Å². The number of hydrogen-bond acceptors (Lipinski definition) is 2. The Balaban J connectivity index is 2.65. The summed E-state index contributed by atoms with van der Waals surface area (Å²) in [7, 11) is 0. The van der Waals surface area contributed by atoms with Crippen molar-refractivity contribution in [3.63, 3.8) is 0 Å². The Labute approximate surface area is 64.3 Å². The normalized spacial score (nSPS) is 23.6. The molecule has 5 nitrogen and oxygen atoms in total. The Bertz CT molecular complexity index is 172. The van der Waals surface area contributed by atoms with Gasteiger partial charge in [0.05, 0.1) is 0 Å². The first-order chi connectivity index (χ1) is 5.13. The highest BCUT2D eigenvalue weighted by molar-refractivity contribution is 5.83. The Morgan fingerprint density at radius 2 is 2.36 bits per heavy atom. The number of hydrogen-bond donors (Lipinski definition) is 3. The molecule has 1 heterocycles. The van der Waals surface area contributed by atoms with Gasteiger partial charge in [-0.1, -0.05) is 0 Å². The fourth-order valence-electron chi connectivity index (χ4n) is 1.31. The molecule has 1 aliphatic rings. The van der Waals surface area contributed by atoms with Crippen molar-refractivity contribution in [3.05, 3.63) is 0 Å². The lowest BCUT2D eigenvalue weighted by atomic mass is 10.2. The Morgan fingerprint density at radius 3 is 2.73 bits per heavy atom. The van der Waals surface area contributed by atoms with Crippen molar-refractivity contribution in [1.29, 1.82) is 5.41 Å². The second kappa shape index (κ2) is 2.77. The molecule has 5 heteroatoms. The van der Waals surface area contributed by atoms with Crippen LogP contribution in [0.4, 0.5) is 0 Å². The Hall–Kier alpha value is -1.26. The topological polar surface area (TPSA) is 90.4 Å². The van der Waals surface area contributed by atoms with E-state index in [4.69, 9.17) is 16.2 Å². The largest absolute Gasteiger partial charge is 0.480 e. The summed E-state index contributed by atoms with van der Waals surface area (Å²) < 4.78 is 0. The van der Waals surface area contributed by atoms with E-state index in [0.29, 0.717) is 13.0 Å². The number of aliphatic carboxylic acids is 1. The third-order valence-corrected chi connectivity index (χ3v) is 1.85. The van der Waals surface area contributed by atoms with Crippen LogP contribution in [0.3, 0.4) is 0 Å². The highest BCUT2D eigenvalue weighted by Crippen LogP contribution is 2.15. The van der Waals surface area contributed by atoms with E-state index in [-0.39, 0.29) is 5.96 Å². The second-order valence-corrected chi connectivity index (χ2v) is 2.57. The van der Waals surface area contributed by atoms with Gasteiger partial charge in [-0.3, -0.25) is 5.41 Å². The van der Waals surface area contributed by atoms with Crippen LogP contribution in [0.1, 0.15) is 12.8 Å². The number of rotatable bonds is 1. The van der Waals surface area contributed by atoms with E-state index in [1.165, 1.54) is 4.90 Å². The SMILES string of the molecule is N=C(N)N1CCCC1C(=O)O. The molecule has 0 spiro atoms. The van der Waals surface area contributed by atoms with Crippen LogP contribution >= 0.6 is 0 Å². The summed E-state index contributed by atoms with van der Waals surface area (Å²) in [6.07, 6.45) is 1.39. The van der Waals surface area contributed by atoms with E-state index >= 15 is 0 Å². The van der Waals surface area contributed by atoms with Crippen LogP contribution in [-0.4, -0.2) is 34.5 Å². The van der Waals surface area contributed by atoms with E-state index in [9.17, 15) is 4.79 Å². The summed E-state index contributed by atoms with van der Waals surface area (Å²) >= 11 is 0. The number of carbonyl (C=O) groups is 1. The Kier molecular flexibility index (Phi) is 1.98. The molecule has 11 heavy (non-hydrogen) atoms. The quantitative estimate of drug-likeness (QED) is 0.351. The molecule has 4 N–H and O–H groups in total. The van der Waals surface area contributed by atoms with Crippen molar-refractivity contribution in [2.45, 2.75) is 18.9 Å². The van der Waals surface area contributed by atoms with E-state index in [1.807, 2.05) is 0 Å². The number of guanidine groups is 1. The molecular formula is C6H11N3O2. The minimum absolute atomic E-state index is 0.144. The van der Waals surface area contributed by atoms with Gasteiger partial charge < -0.3 is 15.7 Å². The zero-order valence-corrected chi connectivity index (χ0v) is 6.08. The average molecular weight is 157 g/mol. The molecule has 0 bridgehead atoms. The molecule has 0 amide bonds. The maximum absolute atomic E-state index is 10.5. The van der Waals surface area contributed by atoms with Gasteiger partial charge in [0.2, 0.25) is 0 Å². The van der Waals surface area contributed by atoms with Crippen molar-refractivity contribution >= 4 is 11.9 Å². The molecule has 1 unspecified atom stereocenters. The number of carboxylic acids is 1. The van der Waals surface area contributed by atoms with Gasteiger partial charge in [-0.15, -0.1) is 0 Å². The number of carboxylic acid groups (broad SMARTS) is 1. The molecule has 0 aromatic rings. The number of nitrogens with zero attached hydrogens (tertiary/aromatic N) is 1. The van der Waals surface area contributed by atoms with Gasteiger partial charge in [0, 0.05) is 6.54 Å². The van der Waals surface area contributed by atoms with E-state index in [2.05, 4.69) is 0 Å². The molecule has 0 aromatic heterocycles. The fourth-order valence-corrected chi connectivity index (χ4v) is 1.31. The van der Waals surface area contributed by atoms with Gasteiger partial charge in [-0.2, -0.15) is 0 Å². The van der Waals surface area contributed by atoms with Crippen LogP contribution in [0.5, 0.6) is 0 Å². The summed E-state index contributed by atoms with van der Waals surface area (Å²) in [5, 5.41) is 15.7. The van der Waals surface area contributed by atoms with Crippen molar-refractivity contribution in [2.24, 2.45) is 5.73 Å². The summed E-state index contributed by atoms with van der Waals surface area (Å²) in [5.41, 5.74) is 5.17. The first kappa shape index (κ1) is 7.84. The van der Waals surface area contributed by atoms with Gasteiger partial charge in [0.15, 0.2) is 5.96 Å². The third-order valence-electron chi connectivity index (χ3n) is 1.85. The molecule has 1 saturated heterocycles. The van der Waals surface area contributed by atoms with Crippen LogP contribution in [0.15, 0.2) is 0 Å². The van der Waals surface area contributed by atoms with Crippen LogP contribution < -0.4 is 5.73 Å². The molecule has 1 aliphatic heterocycles. The molecule has 1 rings (SSSR count). The smallest absolute Gasteiger partial charge is 0.326 e. The lowest BCUT2D eigenvalue weighted by molar-refractivity contribution is -0.140. The van der Waals surface area contributed by atoms with Crippen molar-refractivity contribution in [1.82, 2.24) is 4.90 Å². The van der Waals surface area contributed by atoms with Gasteiger partial charge in [0.25, 0.3) is 0 Å². The summed E-state index contributed by atoms with van der Waals surface area (Å²) in [5.74, 6) is -1.03. The molecule has 0 saturated carbocycles. The van der Waals surface area contributed by atoms with Gasteiger partial charge in [-0.25, -0.2) is 4.79 Å². The molecule has 0 aliphatic carbocycles. The number of likely N-dealkylation sites (tertiary alicyclic amines) is 1. The molecule has 0 aromatic carbocycles. The van der Waals surface area contributed by atoms with Crippen molar-refractivity contribution < 1.29 is 9.90 Å². The highest BCUT2D eigenvalue weighted by atomic mass is 16.4. The zero-order valence-electron chi connectivity index (χ0n) is 6.08. The number of nitrogens with one attached hydrogen (secondary N) is 1. The minimum Gasteiger partial charge on any atom is -0.480 e. The average Bonchev–Trinajstić information content (AvgIpc) is 2.32. The predicted molar refractivity (Wildman–Crippen MR) is 39.3 cm³/mol. The summed E-state index contributed by atoms with van der Waals surface area (Å²) in [6.45, 7) is 0.590. The van der Waals surface area contributed by atoms with Crippen molar-refractivity contribution in [2.75, 3.05) is 6.54 Å². The molecule has 62 valence electrons. The van der Waals surface area contributed by atoms with Crippen LogP contribution in [-0.2, 0) is 4.79 Å². The lowest BCUT2D eigenvalue weighted by Gasteiger charge is -2.20. The summed E-state index contributed by atoms with van der Waals surface area (Å²) in [6, 6.07) is -0.576. The van der Waals surface area contributed by atoms with E-state index in [0.717, 1.165) is 6.42 Å². The molecule has 1 atom stereocenters. The first-order valence-corrected chi connectivity index (χ1v) is 3.46. The van der Waals surface area contributed by atoms with Crippen LogP contribution in [0.25, 0.3) is 0 Å². The molecular weight excluding hydrogens is 146 g/mol. The number of nitrogens with two attached hydrogens (primary N) is 1.